The molecular weight excluding hydrogens is 128 g/mol. The predicted molar refractivity (Wildman–Crippen MR) is 42.5 cm³/mol. The Morgan fingerprint density at radius 3 is 1.20 bits per heavy atom. The number of unbranched alkanes of at least 4 members (excludes halogenated alkanes) is 3. The van der Waals surface area contributed by atoms with Gasteiger partial charge in [-0.3, -0.25) is 0 Å². The number of aliphatic hydroxyl groups excluding tert-OH is 2. The highest BCUT2D eigenvalue weighted by Gasteiger charge is 1.84. The van der Waals surface area contributed by atoms with Gasteiger partial charge in [0.1, 0.15) is 0 Å². The van der Waals surface area contributed by atoms with Gasteiger partial charge in [-0.25, -0.2) is 0 Å². The highest BCUT2D eigenvalue weighted by Crippen LogP contribution is 1.96. The van der Waals surface area contributed by atoms with Crippen LogP contribution in [0.2, 0.25) is 0 Å². The van der Waals surface area contributed by atoms with E-state index in [-0.39, 0.29) is 13.2 Å². The molecule has 0 saturated heterocycles. The summed E-state index contributed by atoms with van der Waals surface area (Å²) >= 11 is 0. The fraction of sp³-hybridized carbons (Fsp3) is 0.750. The Hall–Kier alpha value is -0.520. The van der Waals surface area contributed by atoms with E-state index in [4.69, 9.17) is 10.2 Å². The molecule has 0 saturated carbocycles. The standard InChI is InChI=1S/C6H14O2.C2H2/c7-5-3-1-2-4-6-8;1-2/h7-8H,1-6H2;1-2H. The van der Waals surface area contributed by atoms with Crippen LogP contribution in [0.5, 0.6) is 0 Å². The van der Waals surface area contributed by atoms with Gasteiger partial charge in [-0.2, -0.15) is 0 Å². The topological polar surface area (TPSA) is 40.5 Å². The van der Waals surface area contributed by atoms with E-state index in [0.29, 0.717) is 0 Å². The van der Waals surface area contributed by atoms with Crippen molar-refractivity contribution in [2.45, 2.75) is 25.7 Å². The summed E-state index contributed by atoms with van der Waals surface area (Å²) in [5.41, 5.74) is 0. The molecule has 0 aliphatic heterocycles. The van der Waals surface area contributed by atoms with Crippen LogP contribution in [0, 0.1) is 12.8 Å². The van der Waals surface area contributed by atoms with E-state index >= 15 is 0 Å². The molecule has 0 fully saturated rings. The summed E-state index contributed by atoms with van der Waals surface area (Å²) in [4.78, 5) is 0. The molecule has 0 aromatic rings. The maximum Gasteiger partial charge on any atom is 0.0431 e. The molecule has 0 aromatic carbocycles. The SMILES string of the molecule is C#C.OCCCCCCO. The molecule has 60 valence electrons. The van der Waals surface area contributed by atoms with Gasteiger partial charge in [-0.05, 0) is 12.8 Å². The molecule has 0 amide bonds. The van der Waals surface area contributed by atoms with Crippen molar-refractivity contribution >= 4 is 0 Å². The van der Waals surface area contributed by atoms with Crippen LogP contribution in [-0.4, -0.2) is 23.4 Å². The first-order valence-electron chi connectivity index (χ1n) is 3.47. The third-order valence-corrected chi connectivity index (χ3v) is 1.07. The normalized spacial score (nSPS) is 8.00. The second-order valence-corrected chi connectivity index (χ2v) is 1.86. The van der Waals surface area contributed by atoms with E-state index in [2.05, 4.69) is 12.8 Å². The Morgan fingerprint density at radius 2 is 1.00 bits per heavy atom. The fourth-order valence-electron chi connectivity index (χ4n) is 0.577. The lowest BCUT2D eigenvalue weighted by atomic mass is 10.2. The van der Waals surface area contributed by atoms with Crippen LogP contribution in [0.4, 0.5) is 0 Å². The molecule has 2 N–H and O–H groups in total. The third kappa shape index (κ3) is 15.6. The lowest BCUT2D eigenvalue weighted by Gasteiger charge is -1.93. The van der Waals surface area contributed by atoms with Crippen LogP contribution >= 0.6 is 0 Å². The maximum absolute atomic E-state index is 8.30. The summed E-state index contributed by atoms with van der Waals surface area (Å²) in [7, 11) is 0. The minimum atomic E-state index is 0.283. The van der Waals surface area contributed by atoms with E-state index in [0.717, 1.165) is 25.7 Å². The predicted octanol–water partition coefficient (Wildman–Crippen LogP) is 0.781. The Bertz CT molecular complexity index is 53.5. The molecule has 0 unspecified atom stereocenters. The molecule has 0 rings (SSSR count). The summed E-state index contributed by atoms with van der Waals surface area (Å²) < 4.78 is 0. The number of hydrogen-bond donors (Lipinski definition) is 2. The van der Waals surface area contributed by atoms with Crippen molar-refractivity contribution in [2.24, 2.45) is 0 Å². The molecule has 2 nitrogen and oxygen atoms in total. The zero-order chi connectivity index (χ0) is 8.24. The highest BCUT2D eigenvalue weighted by atomic mass is 16.3. The van der Waals surface area contributed by atoms with E-state index in [9.17, 15) is 0 Å². The van der Waals surface area contributed by atoms with Gasteiger partial charge in [-0.15, -0.1) is 12.8 Å². The minimum Gasteiger partial charge on any atom is -0.396 e. The van der Waals surface area contributed by atoms with Crippen molar-refractivity contribution < 1.29 is 10.2 Å². The van der Waals surface area contributed by atoms with E-state index in [1.54, 1.807) is 0 Å². The van der Waals surface area contributed by atoms with Gasteiger partial charge in [0, 0.05) is 13.2 Å². The Labute approximate surface area is 62.9 Å². The van der Waals surface area contributed by atoms with Gasteiger partial charge >= 0.3 is 0 Å². The second kappa shape index (κ2) is 15.8. The fourth-order valence-corrected chi connectivity index (χ4v) is 0.577. The Kier molecular flexibility index (Phi) is 19.3. The molecule has 2 heteroatoms. The smallest absolute Gasteiger partial charge is 0.0431 e. The highest BCUT2D eigenvalue weighted by molar-refractivity contribution is 4.47. The molecule has 10 heavy (non-hydrogen) atoms. The molecule has 0 aliphatic carbocycles. The summed E-state index contributed by atoms with van der Waals surface area (Å²) in [6.07, 6.45) is 11.8. The Balaban J connectivity index is 0. The Morgan fingerprint density at radius 1 is 0.700 bits per heavy atom. The molecule has 0 heterocycles. The average molecular weight is 144 g/mol. The lowest BCUT2D eigenvalue weighted by Crippen LogP contribution is -1.85. The molecule has 0 bridgehead atoms. The van der Waals surface area contributed by atoms with Crippen LogP contribution in [0.15, 0.2) is 0 Å². The van der Waals surface area contributed by atoms with E-state index in [1.165, 1.54) is 0 Å². The van der Waals surface area contributed by atoms with Crippen LogP contribution in [0.25, 0.3) is 0 Å². The van der Waals surface area contributed by atoms with Gasteiger partial charge < -0.3 is 10.2 Å². The maximum atomic E-state index is 8.30. The monoisotopic (exact) mass is 144 g/mol. The zero-order valence-corrected chi connectivity index (χ0v) is 6.29. The van der Waals surface area contributed by atoms with Crippen LogP contribution in [-0.2, 0) is 0 Å². The first-order valence-corrected chi connectivity index (χ1v) is 3.47. The van der Waals surface area contributed by atoms with E-state index in [1.807, 2.05) is 0 Å². The summed E-state index contributed by atoms with van der Waals surface area (Å²) in [6, 6.07) is 0. The third-order valence-electron chi connectivity index (χ3n) is 1.07. The second-order valence-electron chi connectivity index (χ2n) is 1.86. The number of terminal acetylenes is 1. The van der Waals surface area contributed by atoms with Crippen LogP contribution in [0.3, 0.4) is 0 Å². The first kappa shape index (κ1) is 12.2. The van der Waals surface area contributed by atoms with Gasteiger partial charge in [0.25, 0.3) is 0 Å². The van der Waals surface area contributed by atoms with Crippen molar-refractivity contribution in [1.29, 1.82) is 0 Å². The van der Waals surface area contributed by atoms with Crippen molar-refractivity contribution in [2.75, 3.05) is 13.2 Å². The number of rotatable bonds is 5. The van der Waals surface area contributed by atoms with Crippen molar-refractivity contribution in [3.8, 4) is 12.8 Å². The first-order chi connectivity index (χ1) is 4.91. The molecule has 0 radical (unpaired) electrons. The summed E-state index contributed by atoms with van der Waals surface area (Å²) in [5.74, 6) is 0. The average Bonchev–Trinajstić information content (AvgIpc) is 2.02. The molecule has 0 aliphatic rings. The largest absolute Gasteiger partial charge is 0.396 e. The lowest BCUT2D eigenvalue weighted by molar-refractivity contribution is 0.265. The minimum absolute atomic E-state index is 0.283. The van der Waals surface area contributed by atoms with Crippen LogP contribution in [0.1, 0.15) is 25.7 Å². The molecule has 0 spiro atoms. The quantitative estimate of drug-likeness (QED) is 0.442. The van der Waals surface area contributed by atoms with Crippen LogP contribution < -0.4 is 0 Å². The van der Waals surface area contributed by atoms with Gasteiger partial charge in [0.2, 0.25) is 0 Å². The summed E-state index contributed by atoms with van der Waals surface area (Å²) in [5, 5.41) is 16.6. The van der Waals surface area contributed by atoms with Gasteiger partial charge in [0.15, 0.2) is 0 Å². The van der Waals surface area contributed by atoms with Crippen molar-refractivity contribution in [3.05, 3.63) is 0 Å². The molecular formula is C8H16O2. The summed E-state index contributed by atoms with van der Waals surface area (Å²) in [6.45, 7) is 0.566. The number of hydrogen-bond acceptors (Lipinski definition) is 2. The van der Waals surface area contributed by atoms with Gasteiger partial charge in [0.05, 0.1) is 0 Å². The van der Waals surface area contributed by atoms with Crippen molar-refractivity contribution in [3.63, 3.8) is 0 Å². The number of aliphatic hydroxyl groups is 2. The molecule has 0 aromatic heterocycles. The van der Waals surface area contributed by atoms with E-state index < -0.39 is 0 Å². The van der Waals surface area contributed by atoms with Gasteiger partial charge in [-0.1, -0.05) is 12.8 Å². The molecule has 0 atom stereocenters. The van der Waals surface area contributed by atoms with Crippen molar-refractivity contribution in [1.82, 2.24) is 0 Å². The zero-order valence-electron chi connectivity index (χ0n) is 6.29.